The van der Waals surface area contributed by atoms with Gasteiger partial charge in [0.15, 0.2) is 12.2 Å². The van der Waals surface area contributed by atoms with Crippen molar-refractivity contribution in [3.05, 3.63) is 65.3 Å². The fraction of sp³-hybridized carbons (Fsp3) is 0.481. The first-order chi connectivity index (χ1) is 18.0. The number of rotatable bonds is 10. The van der Waals surface area contributed by atoms with Crippen LogP contribution in [0.1, 0.15) is 58.8 Å². The number of fused-ring (bicyclic) bond motifs is 1. The number of ether oxygens (including phenoxy) is 1. The molecule has 1 fully saturated rings. The smallest absolute Gasteiger partial charge is 0.270 e. The van der Waals surface area contributed by atoms with Gasteiger partial charge in [-0.1, -0.05) is 18.9 Å². The average Bonchev–Trinajstić information content (AvgIpc) is 3.57. The minimum absolute atomic E-state index is 0. The molecule has 0 saturated heterocycles. The van der Waals surface area contributed by atoms with Crippen LogP contribution in [0.5, 0.6) is 5.75 Å². The van der Waals surface area contributed by atoms with Crippen molar-refractivity contribution < 1.29 is 19.1 Å². The second kappa shape index (κ2) is 13.1. The van der Waals surface area contributed by atoms with Gasteiger partial charge in [-0.15, -0.1) is 0 Å². The first-order valence-electron chi connectivity index (χ1n) is 12.9. The summed E-state index contributed by atoms with van der Waals surface area (Å²) in [6.45, 7) is 4.44. The summed E-state index contributed by atoms with van der Waals surface area (Å²) < 4.78 is 11.2. The van der Waals surface area contributed by atoms with E-state index in [0.29, 0.717) is 30.7 Å². The molecule has 1 aromatic carbocycles. The molecule has 2 aromatic heterocycles. The maximum absolute atomic E-state index is 12.6. The Labute approximate surface area is 229 Å². The molecule has 1 aliphatic heterocycles. The molecule has 0 unspecified atom stereocenters. The van der Waals surface area contributed by atoms with E-state index in [-0.39, 0.29) is 25.9 Å². The number of nitrogens with zero attached hydrogens (tertiary/aromatic N) is 4. The number of anilines is 1. The molecule has 0 radical (unpaired) electrons. The lowest BCUT2D eigenvalue weighted by Crippen LogP contribution is -2.42. The Kier molecular flexibility index (Phi) is 9.59. The molecule has 0 spiro atoms. The van der Waals surface area contributed by atoms with E-state index in [9.17, 15) is 9.90 Å². The van der Waals surface area contributed by atoms with E-state index in [2.05, 4.69) is 42.6 Å². The number of oxazole rings is 1. The predicted octanol–water partition coefficient (Wildman–Crippen LogP) is 2.97. The molecule has 2 aliphatic rings. The monoisotopic (exact) mass is 540 g/mol. The van der Waals surface area contributed by atoms with Gasteiger partial charge in [0.2, 0.25) is 0 Å². The third kappa shape index (κ3) is 7.24. The van der Waals surface area contributed by atoms with E-state index in [1.807, 2.05) is 13.0 Å². The van der Waals surface area contributed by atoms with Gasteiger partial charge in [0.1, 0.15) is 30.2 Å². The number of benzene rings is 1. The number of amides is 1. The van der Waals surface area contributed by atoms with Crippen LogP contribution in [0.25, 0.3) is 0 Å². The van der Waals surface area contributed by atoms with Crippen molar-refractivity contribution in [3.8, 4) is 5.75 Å². The van der Waals surface area contributed by atoms with Gasteiger partial charge in [-0.3, -0.25) is 9.69 Å². The molecule has 1 saturated carbocycles. The number of carbonyl (C=O) groups is 1. The Hall–Kier alpha value is -3.15. The number of β-amino-alcohol motifs (C(OH)–C–C–N with tert-alkyl or cyclic N) is 1. The number of aromatic nitrogens is 3. The number of nitrogens with one attached hydrogen (secondary N) is 2. The van der Waals surface area contributed by atoms with Gasteiger partial charge in [0.25, 0.3) is 5.91 Å². The molecule has 204 valence electrons. The Morgan fingerprint density at radius 3 is 2.84 bits per heavy atom. The molecule has 5 rings (SSSR count). The summed E-state index contributed by atoms with van der Waals surface area (Å²) in [4.78, 5) is 27.2. The minimum Gasteiger partial charge on any atom is -0.486 e. The van der Waals surface area contributed by atoms with E-state index >= 15 is 0 Å². The molecular weight excluding hydrogens is 504 g/mol. The van der Waals surface area contributed by atoms with Crippen LogP contribution >= 0.6 is 13.5 Å². The van der Waals surface area contributed by atoms with Crippen molar-refractivity contribution in [1.82, 2.24) is 25.2 Å². The summed E-state index contributed by atoms with van der Waals surface area (Å²) in [5.41, 5.74) is 3.60. The Morgan fingerprint density at radius 1 is 1.21 bits per heavy atom. The fourth-order valence-electron chi connectivity index (χ4n) is 4.95. The number of hydrogen-bond donors (Lipinski definition) is 3. The molecule has 1 aliphatic carbocycles. The average molecular weight is 541 g/mol. The number of aryl methyl sites for hydroxylation is 1. The van der Waals surface area contributed by atoms with Gasteiger partial charge in [0.05, 0.1) is 11.8 Å². The summed E-state index contributed by atoms with van der Waals surface area (Å²) >= 11 is 0. The van der Waals surface area contributed by atoms with E-state index in [0.717, 1.165) is 49.6 Å². The Balaban J connectivity index is 0.00000336. The largest absolute Gasteiger partial charge is 0.486 e. The zero-order valence-corrected chi connectivity index (χ0v) is 22.7. The van der Waals surface area contributed by atoms with Crippen LogP contribution in [0.2, 0.25) is 0 Å². The zero-order valence-electron chi connectivity index (χ0n) is 21.7. The second-order valence-electron chi connectivity index (χ2n) is 9.84. The molecule has 1 amide bonds. The van der Waals surface area contributed by atoms with E-state index in [1.54, 1.807) is 6.07 Å². The van der Waals surface area contributed by atoms with E-state index < -0.39 is 6.10 Å². The Morgan fingerprint density at radius 2 is 2.05 bits per heavy atom. The first kappa shape index (κ1) is 27.9. The van der Waals surface area contributed by atoms with Gasteiger partial charge >= 0.3 is 0 Å². The van der Waals surface area contributed by atoms with Gasteiger partial charge in [-0.05, 0) is 49.4 Å². The third-order valence-electron chi connectivity index (χ3n) is 7.06. The highest BCUT2D eigenvalue weighted by Gasteiger charge is 2.21. The minimum atomic E-state index is -0.684. The zero-order chi connectivity index (χ0) is 25.6. The topological polar surface area (TPSA) is 126 Å². The van der Waals surface area contributed by atoms with Gasteiger partial charge in [-0.25, -0.2) is 15.0 Å². The van der Waals surface area contributed by atoms with Gasteiger partial charge < -0.3 is 24.9 Å². The highest BCUT2D eigenvalue weighted by Crippen LogP contribution is 2.25. The molecule has 0 bridgehead atoms. The predicted molar refractivity (Wildman–Crippen MR) is 148 cm³/mol. The lowest BCUT2D eigenvalue weighted by atomic mass is 9.99. The van der Waals surface area contributed by atoms with Crippen LogP contribution in [0.4, 0.5) is 5.82 Å². The summed E-state index contributed by atoms with van der Waals surface area (Å²) in [6, 6.07) is 8.19. The summed E-state index contributed by atoms with van der Waals surface area (Å²) in [5, 5.41) is 16.8. The van der Waals surface area contributed by atoms with Crippen molar-refractivity contribution in [1.29, 1.82) is 0 Å². The van der Waals surface area contributed by atoms with Crippen LogP contribution in [-0.2, 0) is 19.6 Å². The lowest BCUT2D eigenvalue weighted by Gasteiger charge is -2.30. The van der Waals surface area contributed by atoms with Crippen LogP contribution in [0, 0.1) is 6.92 Å². The lowest BCUT2D eigenvalue weighted by molar-refractivity contribution is 0.0838. The highest BCUT2D eigenvalue weighted by molar-refractivity contribution is 7.59. The standard InChI is InChI=1S/C27H34N6O4.H2S/c1-18-25(37-17-31-18)15-36-23-7-6-20-13-33(9-8-19(20)10-23)14-22(34)12-28-27(35)24-11-26(30-16-29-24)32-21-4-2-3-5-21;/h6-7,10-11,16-17,21-22,34H,2-5,8-9,12-15H2,1H3,(H,28,35)(H,29,30,32);1H2/t22-;/m0./s1. The van der Waals surface area contributed by atoms with Gasteiger partial charge in [0, 0.05) is 38.3 Å². The van der Waals surface area contributed by atoms with E-state index in [1.165, 1.54) is 36.7 Å². The summed E-state index contributed by atoms with van der Waals surface area (Å²) in [6.07, 6.45) is 7.69. The molecule has 1 atom stereocenters. The quantitative estimate of drug-likeness (QED) is 0.356. The maximum Gasteiger partial charge on any atom is 0.270 e. The number of hydrogen-bond acceptors (Lipinski definition) is 9. The van der Waals surface area contributed by atoms with Crippen LogP contribution in [0.15, 0.2) is 41.4 Å². The molecule has 3 aromatic rings. The van der Waals surface area contributed by atoms with Gasteiger partial charge in [-0.2, -0.15) is 13.5 Å². The third-order valence-corrected chi connectivity index (χ3v) is 7.06. The normalized spacial score (nSPS) is 16.4. The Bertz CT molecular complexity index is 1220. The van der Waals surface area contributed by atoms with Crippen molar-refractivity contribution in [2.45, 2.75) is 64.3 Å². The molecule has 3 N–H and O–H groups in total. The maximum atomic E-state index is 12.6. The highest BCUT2D eigenvalue weighted by atomic mass is 32.1. The van der Waals surface area contributed by atoms with Crippen molar-refractivity contribution in [2.75, 3.05) is 25.0 Å². The summed E-state index contributed by atoms with van der Waals surface area (Å²) in [5.74, 6) is 1.89. The molecule has 10 nitrogen and oxygen atoms in total. The molecule has 11 heteroatoms. The summed E-state index contributed by atoms with van der Waals surface area (Å²) in [7, 11) is 0. The van der Waals surface area contributed by atoms with Crippen LogP contribution in [0.3, 0.4) is 0 Å². The molecular formula is C27H36N6O4S. The van der Waals surface area contributed by atoms with Crippen LogP contribution in [-0.4, -0.2) is 62.6 Å². The van der Waals surface area contributed by atoms with E-state index in [4.69, 9.17) is 9.15 Å². The number of carbonyl (C=O) groups excluding carboxylic acids is 1. The van der Waals surface area contributed by atoms with Crippen molar-refractivity contribution >= 4 is 25.2 Å². The van der Waals surface area contributed by atoms with Crippen molar-refractivity contribution in [2.24, 2.45) is 0 Å². The fourth-order valence-corrected chi connectivity index (χ4v) is 4.95. The number of aliphatic hydroxyl groups excluding tert-OH is 1. The molecule has 38 heavy (non-hydrogen) atoms. The number of aliphatic hydroxyl groups is 1. The first-order valence-corrected chi connectivity index (χ1v) is 12.9. The SMILES string of the molecule is Cc1ncoc1COc1ccc2c(c1)CCN(C[C@@H](O)CNC(=O)c1cc(NC3CCCC3)ncn1)C2.S. The van der Waals surface area contributed by atoms with Crippen molar-refractivity contribution in [3.63, 3.8) is 0 Å². The molecule has 3 heterocycles. The van der Waals surface area contributed by atoms with Crippen LogP contribution < -0.4 is 15.4 Å². The second-order valence-corrected chi connectivity index (χ2v) is 9.84.